The lowest BCUT2D eigenvalue weighted by Crippen LogP contribution is -2.13. The molecular formula is C15H16N2O3S. The first-order valence-electron chi connectivity index (χ1n) is 6.29. The summed E-state index contributed by atoms with van der Waals surface area (Å²) in [5, 5.41) is 0. The van der Waals surface area contributed by atoms with Gasteiger partial charge in [0, 0.05) is 16.9 Å². The van der Waals surface area contributed by atoms with Gasteiger partial charge in [-0.3, -0.25) is 9.52 Å². The van der Waals surface area contributed by atoms with Crippen LogP contribution in [-0.4, -0.2) is 14.2 Å². The number of carbonyl (C=O) groups excluding carboxylic acids is 1. The number of hydrogen-bond donors (Lipinski definition) is 2. The standard InChI is InChI=1S/C15H16N2O3S/c1-10-8-13(6-7-15(10)16)17-21(19,20)14-5-3-4-12(9-14)11(2)18/h3-9,17H,16H2,1-2H3. The van der Waals surface area contributed by atoms with Crippen molar-refractivity contribution in [2.75, 3.05) is 10.5 Å². The second-order valence-electron chi connectivity index (χ2n) is 4.76. The molecule has 0 aliphatic rings. The third-order valence-electron chi connectivity index (χ3n) is 3.07. The van der Waals surface area contributed by atoms with Crippen molar-refractivity contribution in [3.05, 3.63) is 53.6 Å². The maximum atomic E-state index is 12.3. The van der Waals surface area contributed by atoms with Gasteiger partial charge in [-0.15, -0.1) is 0 Å². The van der Waals surface area contributed by atoms with Gasteiger partial charge in [-0.1, -0.05) is 12.1 Å². The summed E-state index contributed by atoms with van der Waals surface area (Å²) in [7, 11) is -3.74. The Hall–Kier alpha value is -2.34. The summed E-state index contributed by atoms with van der Waals surface area (Å²) in [5.41, 5.74) is 7.86. The van der Waals surface area contributed by atoms with Crippen molar-refractivity contribution in [2.24, 2.45) is 0 Å². The summed E-state index contributed by atoms with van der Waals surface area (Å²) < 4.78 is 27.1. The van der Waals surface area contributed by atoms with E-state index in [4.69, 9.17) is 5.73 Å². The van der Waals surface area contributed by atoms with Crippen molar-refractivity contribution in [2.45, 2.75) is 18.7 Å². The largest absolute Gasteiger partial charge is 0.399 e. The molecule has 0 bridgehead atoms. The summed E-state index contributed by atoms with van der Waals surface area (Å²) in [6.07, 6.45) is 0. The summed E-state index contributed by atoms with van der Waals surface area (Å²) in [6.45, 7) is 3.19. The molecule has 6 heteroatoms. The molecule has 0 heterocycles. The molecule has 0 saturated heterocycles. The topological polar surface area (TPSA) is 89.3 Å². The fourth-order valence-electron chi connectivity index (χ4n) is 1.84. The van der Waals surface area contributed by atoms with Crippen LogP contribution in [0.4, 0.5) is 11.4 Å². The molecule has 2 aromatic carbocycles. The number of nitrogens with one attached hydrogen (secondary N) is 1. The highest BCUT2D eigenvalue weighted by molar-refractivity contribution is 7.92. The van der Waals surface area contributed by atoms with Crippen LogP contribution in [-0.2, 0) is 10.0 Å². The van der Waals surface area contributed by atoms with E-state index in [2.05, 4.69) is 4.72 Å². The number of benzene rings is 2. The lowest BCUT2D eigenvalue weighted by molar-refractivity contribution is 0.101. The lowest BCUT2D eigenvalue weighted by atomic mass is 10.2. The molecule has 0 amide bonds. The molecule has 2 rings (SSSR count). The Morgan fingerprint density at radius 1 is 1.14 bits per heavy atom. The molecular weight excluding hydrogens is 288 g/mol. The lowest BCUT2D eigenvalue weighted by Gasteiger charge is -2.10. The van der Waals surface area contributed by atoms with Crippen LogP contribution in [0.25, 0.3) is 0 Å². The molecule has 21 heavy (non-hydrogen) atoms. The Balaban J connectivity index is 2.36. The average Bonchev–Trinajstić information content (AvgIpc) is 2.43. The maximum absolute atomic E-state index is 12.3. The Kier molecular flexibility index (Phi) is 3.99. The van der Waals surface area contributed by atoms with Gasteiger partial charge < -0.3 is 5.73 Å². The third-order valence-corrected chi connectivity index (χ3v) is 4.45. The van der Waals surface area contributed by atoms with E-state index in [9.17, 15) is 13.2 Å². The predicted molar refractivity (Wildman–Crippen MR) is 82.8 cm³/mol. The van der Waals surface area contributed by atoms with Gasteiger partial charge in [-0.05, 0) is 49.7 Å². The first-order valence-corrected chi connectivity index (χ1v) is 7.78. The van der Waals surface area contributed by atoms with E-state index in [1.807, 2.05) is 0 Å². The molecule has 2 aromatic rings. The zero-order chi connectivity index (χ0) is 15.6. The van der Waals surface area contributed by atoms with Crippen LogP contribution in [0.3, 0.4) is 0 Å². The number of aryl methyl sites for hydroxylation is 1. The minimum Gasteiger partial charge on any atom is -0.399 e. The van der Waals surface area contributed by atoms with E-state index in [-0.39, 0.29) is 10.7 Å². The second-order valence-corrected chi connectivity index (χ2v) is 6.44. The highest BCUT2D eigenvalue weighted by Gasteiger charge is 2.15. The number of nitrogens with two attached hydrogens (primary N) is 1. The predicted octanol–water partition coefficient (Wildman–Crippen LogP) is 2.58. The Labute approximate surface area is 123 Å². The number of carbonyl (C=O) groups is 1. The molecule has 0 saturated carbocycles. The molecule has 0 unspecified atom stereocenters. The van der Waals surface area contributed by atoms with Crippen LogP contribution in [0.5, 0.6) is 0 Å². The molecule has 0 spiro atoms. The normalized spacial score (nSPS) is 11.1. The van der Waals surface area contributed by atoms with Crippen molar-refractivity contribution in [1.82, 2.24) is 0 Å². The monoisotopic (exact) mass is 304 g/mol. The smallest absolute Gasteiger partial charge is 0.261 e. The first-order chi connectivity index (χ1) is 9.79. The zero-order valence-corrected chi connectivity index (χ0v) is 12.6. The van der Waals surface area contributed by atoms with Crippen LogP contribution < -0.4 is 10.5 Å². The zero-order valence-electron chi connectivity index (χ0n) is 11.8. The number of anilines is 2. The highest BCUT2D eigenvalue weighted by atomic mass is 32.2. The summed E-state index contributed by atoms with van der Waals surface area (Å²) in [4.78, 5) is 11.4. The summed E-state index contributed by atoms with van der Waals surface area (Å²) in [5.74, 6) is -0.185. The molecule has 0 aliphatic carbocycles. The number of ketones is 1. The molecule has 0 aliphatic heterocycles. The van der Waals surface area contributed by atoms with Gasteiger partial charge in [0.2, 0.25) is 0 Å². The first kappa shape index (κ1) is 15.1. The molecule has 0 aromatic heterocycles. The minimum atomic E-state index is -3.74. The number of Topliss-reactive ketones (excluding diaryl/α,β-unsaturated/α-hetero) is 1. The van der Waals surface area contributed by atoms with Crippen LogP contribution in [0.15, 0.2) is 47.4 Å². The maximum Gasteiger partial charge on any atom is 0.261 e. The Morgan fingerprint density at radius 3 is 2.48 bits per heavy atom. The van der Waals surface area contributed by atoms with E-state index >= 15 is 0 Å². The van der Waals surface area contributed by atoms with E-state index in [1.54, 1.807) is 37.3 Å². The molecule has 3 N–H and O–H groups in total. The van der Waals surface area contributed by atoms with E-state index in [0.717, 1.165) is 5.56 Å². The molecule has 0 atom stereocenters. The van der Waals surface area contributed by atoms with Gasteiger partial charge in [0.15, 0.2) is 5.78 Å². The quantitative estimate of drug-likeness (QED) is 0.671. The fourth-order valence-corrected chi connectivity index (χ4v) is 2.93. The minimum absolute atomic E-state index is 0.0460. The van der Waals surface area contributed by atoms with Crippen molar-refractivity contribution in [3.63, 3.8) is 0 Å². The molecule has 0 fully saturated rings. The van der Waals surface area contributed by atoms with E-state index in [0.29, 0.717) is 16.9 Å². The van der Waals surface area contributed by atoms with Crippen LogP contribution >= 0.6 is 0 Å². The van der Waals surface area contributed by atoms with Gasteiger partial charge in [-0.25, -0.2) is 8.42 Å². The van der Waals surface area contributed by atoms with Gasteiger partial charge >= 0.3 is 0 Å². The van der Waals surface area contributed by atoms with Crippen LogP contribution in [0, 0.1) is 6.92 Å². The highest BCUT2D eigenvalue weighted by Crippen LogP contribution is 2.21. The Morgan fingerprint density at radius 2 is 1.86 bits per heavy atom. The van der Waals surface area contributed by atoms with Crippen molar-refractivity contribution >= 4 is 27.2 Å². The average molecular weight is 304 g/mol. The Bertz CT molecular complexity index is 798. The van der Waals surface area contributed by atoms with Crippen LogP contribution in [0.1, 0.15) is 22.8 Å². The van der Waals surface area contributed by atoms with Crippen molar-refractivity contribution in [3.8, 4) is 0 Å². The van der Waals surface area contributed by atoms with E-state index < -0.39 is 10.0 Å². The summed E-state index contributed by atoms with van der Waals surface area (Å²) >= 11 is 0. The van der Waals surface area contributed by atoms with E-state index in [1.165, 1.54) is 19.1 Å². The fraction of sp³-hybridized carbons (Fsp3) is 0.133. The number of hydrogen-bond acceptors (Lipinski definition) is 4. The van der Waals surface area contributed by atoms with Gasteiger partial charge in [0.1, 0.15) is 0 Å². The molecule has 0 radical (unpaired) electrons. The number of nitrogen functional groups attached to an aromatic ring is 1. The molecule has 5 nitrogen and oxygen atoms in total. The molecule has 110 valence electrons. The number of rotatable bonds is 4. The van der Waals surface area contributed by atoms with Crippen molar-refractivity contribution < 1.29 is 13.2 Å². The van der Waals surface area contributed by atoms with Crippen molar-refractivity contribution in [1.29, 1.82) is 0 Å². The van der Waals surface area contributed by atoms with Crippen LogP contribution in [0.2, 0.25) is 0 Å². The SMILES string of the molecule is CC(=O)c1cccc(S(=O)(=O)Nc2ccc(N)c(C)c2)c1. The third kappa shape index (κ3) is 3.41. The van der Waals surface area contributed by atoms with Gasteiger partial charge in [-0.2, -0.15) is 0 Å². The second kappa shape index (κ2) is 5.57. The summed E-state index contributed by atoms with van der Waals surface area (Å²) in [6, 6.07) is 10.8. The van der Waals surface area contributed by atoms with Gasteiger partial charge in [0.05, 0.1) is 4.90 Å². The van der Waals surface area contributed by atoms with Gasteiger partial charge in [0.25, 0.3) is 10.0 Å². The number of sulfonamides is 1.